The van der Waals surface area contributed by atoms with Crippen molar-refractivity contribution in [3.05, 3.63) is 29.6 Å². The molecule has 3 amide bonds. The highest BCUT2D eigenvalue weighted by Gasteiger charge is 2.19. The molecule has 1 fully saturated rings. The lowest BCUT2D eigenvalue weighted by atomic mass is 10.1. The van der Waals surface area contributed by atoms with Crippen LogP contribution in [0.3, 0.4) is 0 Å². The van der Waals surface area contributed by atoms with Crippen LogP contribution in [0.2, 0.25) is 0 Å². The fourth-order valence-corrected chi connectivity index (χ4v) is 1.97. The molecule has 21 heavy (non-hydrogen) atoms. The van der Waals surface area contributed by atoms with Crippen LogP contribution in [0.25, 0.3) is 0 Å². The molecule has 0 aliphatic carbocycles. The Morgan fingerprint density at radius 1 is 1.38 bits per heavy atom. The average Bonchev–Trinajstić information content (AvgIpc) is 2.41. The Balaban J connectivity index is 1.92. The minimum Gasteiger partial charge on any atom is -0.478 e. The third-order valence-corrected chi connectivity index (χ3v) is 3.06. The van der Waals surface area contributed by atoms with Gasteiger partial charge in [0.05, 0.1) is 5.56 Å². The van der Waals surface area contributed by atoms with Gasteiger partial charge in [0.2, 0.25) is 5.91 Å². The molecule has 1 atom stereocenters. The van der Waals surface area contributed by atoms with E-state index in [1.807, 2.05) is 0 Å². The van der Waals surface area contributed by atoms with Crippen LogP contribution in [0.1, 0.15) is 23.2 Å². The van der Waals surface area contributed by atoms with Gasteiger partial charge in [-0.3, -0.25) is 4.79 Å². The fourth-order valence-electron chi connectivity index (χ4n) is 1.97. The third kappa shape index (κ3) is 3.91. The predicted octanol–water partition coefficient (Wildman–Crippen LogP) is 0.924. The van der Waals surface area contributed by atoms with Crippen molar-refractivity contribution in [1.29, 1.82) is 0 Å². The Morgan fingerprint density at radius 2 is 2.14 bits per heavy atom. The first-order valence-corrected chi connectivity index (χ1v) is 6.33. The maximum Gasteiger partial charge on any atom is 0.338 e. The quantitative estimate of drug-likeness (QED) is 0.665. The lowest BCUT2D eigenvalue weighted by molar-refractivity contribution is -0.122. The van der Waals surface area contributed by atoms with Crippen LogP contribution in [0.5, 0.6) is 0 Å². The molecule has 8 heteroatoms. The number of nitrogens with one attached hydrogen (secondary N) is 3. The van der Waals surface area contributed by atoms with Crippen molar-refractivity contribution in [3.63, 3.8) is 0 Å². The minimum atomic E-state index is -1.37. The van der Waals surface area contributed by atoms with E-state index in [-0.39, 0.29) is 17.6 Å². The van der Waals surface area contributed by atoms with Crippen molar-refractivity contribution in [2.45, 2.75) is 18.9 Å². The summed E-state index contributed by atoms with van der Waals surface area (Å²) < 4.78 is 13.5. The Bertz CT molecular complexity index is 581. The number of urea groups is 1. The number of carboxylic acid groups (broad SMARTS) is 1. The van der Waals surface area contributed by atoms with E-state index in [4.69, 9.17) is 5.11 Å². The van der Waals surface area contributed by atoms with Crippen LogP contribution in [-0.4, -0.2) is 35.6 Å². The second kappa shape index (κ2) is 6.21. The summed E-state index contributed by atoms with van der Waals surface area (Å²) in [7, 11) is 0. The van der Waals surface area contributed by atoms with Gasteiger partial charge in [0.15, 0.2) is 0 Å². The molecule has 1 unspecified atom stereocenters. The zero-order valence-electron chi connectivity index (χ0n) is 11.0. The molecule has 4 N–H and O–H groups in total. The van der Waals surface area contributed by atoms with Gasteiger partial charge in [0.25, 0.3) is 0 Å². The topological polar surface area (TPSA) is 108 Å². The molecule has 7 nitrogen and oxygen atoms in total. The second-order valence-electron chi connectivity index (χ2n) is 4.64. The number of hydrogen-bond donors (Lipinski definition) is 4. The summed E-state index contributed by atoms with van der Waals surface area (Å²) in [5.74, 6) is -2.36. The maximum absolute atomic E-state index is 13.5. The van der Waals surface area contributed by atoms with Crippen LogP contribution in [0.15, 0.2) is 18.2 Å². The summed E-state index contributed by atoms with van der Waals surface area (Å²) in [6.45, 7) is 0.346. The van der Waals surface area contributed by atoms with Crippen LogP contribution >= 0.6 is 0 Å². The smallest absolute Gasteiger partial charge is 0.338 e. The number of rotatable bonds is 3. The first-order chi connectivity index (χ1) is 9.95. The number of amides is 3. The highest BCUT2D eigenvalue weighted by molar-refractivity contribution is 5.92. The van der Waals surface area contributed by atoms with Gasteiger partial charge in [-0.25, -0.2) is 14.0 Å². The van der Waals surface area contributed by atoms with E-state index in [0.717, 1.165) is 12.1 Å². The van der Waals surface area contributed by atoms with E-state index < -0.39 is 23.4 Å². The fraction of sp³-hybridized carbons (Fsp3) is 0.308. The first-order valence-electron chi connectivity index (χ1n) is 6.33. The van der Waals surface area contributed by atoms with Gasteiger partial charge >= 0.3 is 12.0 Å². The number of anilines is 1. The van der Waals surface area contributed by atoms with Crippen molar-refractivity contribution in [2.75, 3.05) is 11.9 Å². The van der Waals surface area contributed by atoms with Crippen LogP contribution in [-0.2, 0) is 4.79 Å². The first kappa shape index (κ1) is 14.8. The summed E-state index contributed by atoms with van der Waals surface area (Å²) in [5.41, 5.74) is -0.314. The van der Waals surface area contributed by atoms with Crippen molar-refractivity contribution in [3.8, 4) is 0 Å². The molecule has 1 aliphatic heterocycles. The van der Waals surface area contributed by atoms with E-state index in [0.29, 0.717) is 19.4 Å². The van der Waals surface area contributed by atoms with E-state index in [1.165, 1.54) is 6.07 Å². The number of halogens is 1. The molecule has 112 valence electrons. The highest BCUT2D eigenvalue weighted by atomic mass is 19.1. The van der Waals surface area contributed by atoms with Gasteiger partial charge in [-0.1, -0.05) is 0 Å². The van der Waals surface area contributed by atoms with Crippen LogP contribution < -0.4 is 16.0 Å². The Hall–Kier alpha value is -2.64. The zero-order chi connectivity index (χ0) is 15.4. The molecule has 1 aliphatic rings. The number of aromatic carboxylic acids is 1. The lowest BCUT2D eigenvalue weighted by Crippen LogP contribution is -2.48. The van der Waals surface area contributed by atoms with E-state index >= 15 is 0 Å². The summed E-state index contributed by atoms with van der Waals surface area (Å²) in [4.78, 5) is 33.4. The van der Waals surface area contributed by atoms with Gasteiger partial charge in [0, 0.05) is 24.7 Å². The standard InChI is InChI=1S/C13H14FN3O4/c14-10-5-7(1-3-9(10)12(19)20)16-13(21)17-8-2-4-11(18)15-6-8/h1,3,5,8H,2,4,6H2,(H,15,18)(H,19,20)(H2,16,17,21). The SMILES string of the molecule is O=C1CCC(NC(=O)Nc2ccc(C(=O)O)c(F)c2)CN1. The van der Waals surface area contributed by atoms with Gasteiger partial charge in [-0.15, -0.1) is 0 Å². The second-order valence-corrected chi connectivity index (χ2v) is 4.64. The van der Waals surface area contributed by atoms with Crippen molar-refractivity contribution < 1.29 is 23.9 Å². The molecular weight excluding hydrogens is 281 g/mol. The molecule has 0 radical (unpaired) electrons. The lowest BCUT2D eigenvalue weighted by Gasteiger charge is -2.23. The molecule has 1 saturated heterocycles. The van der Waals surface area contributed by atoms with Crippen LogP contribution in [0.4, 0.5) is 14.9 Å². The molecule has 0 saturated carbocycles. The molecule has 2 rings (SSSR count). The number of hydrogen-bond acceptors (Lipinski definition) is 3. The summed E-state index contributed by atoms with van der Waals surface area (Å²) >= 11 is 0. The number of benzene rings is 1. The molecule has 0 bridgehead atoms. The highest BCUT2D eigenvalue weighted by Crippen LogP contribution is 2.14. The largest absolute Gasteiger partial charge is 0.478 e. The molecule has 1 aromatic carbocycles. The van der Waals surface area contributed by atoms with Gasteiger partial charge in [-0.05, 0) is 24.6 Å². The normalized spacial score (nSPS) is 17.8. The van der Waals surface area contributed by atoms with Crippen LogP contribution in [0, 0.1) is 5.82 Å². The van der Waals surface area contributed by atoms with Gasteiger partial charge in [0.1, 0.15) is 5.82 Å². The van der Waals surface area contributed by atoms with Crippen molar-refractivity contribution in [1.82, 2.24) is 10.6 Å². The number of carboxylic acids is 1. The molecule has 1 aromatic rings. The molecule has 1 heterocycles. The zero-order valence-corrected chi connectivity index (χ0v) is 11.0. The Morgan fingerprint density at radius 3 is 2.71 bits per heavy atom. The Labute approximate surface area is 119 Å². The summed E-state index contributed by atoms with van der Waals surface area (Å²) in [6.07, 6.45) is 0.873. The summed E-state index contributed by atoms with van der Waals surface area (Å²) in [6, 6.07) is 2.58. The third-order valence-electron chi connectivity index (χ3n) is 3.06. The maximum atomic E-state index is 13.5. The van der Waals surface area contributed by atoms with Crippen molar-refractivity contribution >= 4 is 23.6 Å². The van der Waals surface area contributed by atoms with E-state index in [2.05, 4.69) is 16.0 Å². The van der Waals surface area contributed by atoms with E-state index in [1.54, 1.807) is 0 Å². The van der Waals surface area contributed by atoms with Gasteiger partial charge < -0.3 is 21.1 Å². The van der Waals surface area contributed by atoms with E-state index in [9.17, 15) is 18.8 Å². The average molecular weight is 295 g/mol. The number of carbonyl (C=O) groups is 3. The number of carbonyl (C=O) groups excluding carboxylic acids is 2. The monoisotopic (exact) mass is 295 g/mol. The predicted molar refractivity (Wildman–Crippen MR) is 71.5 cm³/mol. The molecular formula is C13H14FN3O4. The molecule has 0 spiro atoms. The number of piperidine rings is 1. The Kier molecular flexibility index (Phi) is 4.36. The van der Waals surface area contributed by atoms with Gasteiger partial charge in [-0.2, -0.15) is 0 Å². The minimum absolute atomic E-state index is 0.0558. The summed E-state index contributed by atoms with van der Waals surface area (Å²) in [5, 5.41) is 16.4. The molecule has 0 aromatic heterocycles. The van der Waals surface area contributed by atoms with Crippen molar-refractivity contribution in [2.24, 2.45) is 0 Å².